The van der Waals surface area contributed by atoms with E-state index < -0.39 is 17.8 Å². The summed E-state index contributed by atoms with van der Waals surface area (Å²) in [6.45, 7) is 1.63. The van der Waals surface area contributed by atoms with Gasteiger partial charge in [0.25, 0.3) is 0 Å². The standard InChI is InChI=1S/C12H16FNO3/c1-7-3-5-9(17-2)11(12(7)13)8(14)4-6-10(15)16/h3,5,8H,4,6,14H2,1-2H3,(H,15,16). The average Bonchev–Trinajstić information content (AvgIpc) is 2.29. The zero-order valence-corrected chi connectivity index (χ0v) is 9.87. The summed E-state index contributed by atoms with van der Waals surface area (Å²) in [6, 6.07) is 2.55. The van der Waals surface area contributed by atoms with Gasteiger partial charge in [-0.05, 0) is 25.0 Å². The summed E-state index contributed by atoms with van der Waals surface area (Å²) < 4.78 is 19.0. The molecule has 0 aliphatic heterocycles. The van der Waals surface area contributed by atoms with Crippen LogP contribution in [0.3, 0.4) is 0 Å². The number of carbonyl (C=O) groups is 1. The summed E-state index contributed by atoms with van der Waals surface area (Å²) in [5, 5.41) is 8.58. The molecule has 0 aromatic heterocycles. The molecule has 0 bridgehead atoms. The predicted molar refractivity (Wildman–Crippen MR) is 61.5 cm³/mol. The maximum atomic E-state index is 13.9. The van der Waals surface area contributed by atoms with Crippen molar-refractivity contribution in [3.63, 3.8) is 0 Å². The molecule has 1 aromatic rings. The Bertz CT molecular complexity index is 420. The Morgan fingerprint density at radius 3 is 2.76 bits per heavy atom. The number of ether oxygens (including phenoxy) is 1. The van der Waals surface area contributed by atoms with Crippen LogP contribution in [0.4, 0.5) is 4.39 Å². The maximum Gasteiger partial charge on any atom is 0.303 e. The van der Waals surface area contributed by atoms with Crippen molar-refractivity contribution in [2.24, 2.45) is 5.73 Å². The van der Waals surface area contributed by atoms with Crippen molar-refractivity contribution < 1.29 is 19.0 Å². The van der Waals surface area contributed by atoms with Gasteiger partial charge in [0, 0.05) is 18.0 Å². The third-order valence-electron chi connectivity index (χ3n) is 2.59. The van der Waals surface area contributed by atoms with Crippen molar-refractivity contribution >= 4 is 5.97 Å². The van der Waals surface area contributed by atoms with Crippen LogP contribution < -0.4 is 10.5 Å². The highest BCUT2D eigenvalue weighted by Crippen LogP contribution is 2.30. The lowest BCUT2D eigenvalue weighted by atomic mass is 9.99. The summed E-state index contributed by atoms with van der Waals surface area (Å²) in [6.07, 6.45) is 0.0732. The number of carboxylic acids is 1. The van der Waals surface area contributed by atoms with E-state index in [0.29, 0.717) is 11.3 Å². The fraction of sp³-hybridized carbons (Fsp3) is 0.417. The zero-order valence-electron chi connectivity index (χ0n) is 9.87. The third-order valence-corrected chi connectivity index (χ3v) is 2.59. The molecule has 0 aliphatic rings. The van der Waals surface area contributed by atoms with Crippen LogP contribution in [0.5, 0.6) is 5.75 Å². The molecule has 4 nitrogen and oxygen atoms in total. The molecule has 1 unspecified atom stereocenters. The van der Waals surface area contributed by atoms with Gasteiger partial charge in [-0.1, -0.05) is 6.07 Å². The Morgan fingerprint density at radius 2 is 2.24 bits per heavy atom. The first-order valence-electron chi connectivity index (χ1n) is 5.27. The van der Waals surface area contributed by atoms with E-state index in [4.69, 9.17) is 15.6 Å². The zero-order chi connectivity index (χ0) is 13.0. The molecule has 0 saturated heterocycles. The number of nitrogens with two attached hydrogens (primary N) is 1. The van der Waals surface area contributed by atoms with E-state index in [1.165, 1.54) is 7.11 Å². The lowest BCUT2D eigenvalue weighted by Crippen LogP contribution is -2.15. The molecule has 1 atom stereocenters. The number of methoxy groups -OCH3 is 1. The molecule has 17 heavy (non-hydrogen) atoms. The lowest BCUT2D eigenvalue weighted by molar-refractivity contribution is -0.137. The van der Waals surface area contributed by atoms with Gasteiger partial charge in [-0.3, -0.25) is 4.79 Å². The first kappa shape index (κ1) is 13.4. The van der Waals surface area contributed by atoms with E-state index in [1.807, 2.05) is 0 Å². The molecule has 5 heteroatoms. The number of carboxylic acid groups (broad SMARTS) is 1. The highest BCUT2D eigenvalue weighted by atomic mass is 19.1. The molecule has 0 heterocycles. The summed E-state index contributed by atoms with van der Waals surface area (Å²) >= 11 is 0. The molecule has 0 aliphatic carbocycles. The minimum absolute atomic E-state index is 0.0995. The highest BCUT2D eigenvalue weighted by Gasteiger charge is 2.19. The largest absolute Gasteiger partial charge is 0.496 e. The normalized spacial score (nSPS) is 12.2. The summed E-state index contributed by atoms with van der Waals surface area (Å²) in [5.41, 5.74) is 6.51. The maximum absolute atomic E-state index is 13.9. The highest BCUT2D eigenvalue weighted by molar-refractivity contribution is 5.66. The number of hydrogen-bond acceptors (Lipinski definition) is 3. The fourth-order valence-electron chi connectivity index (χ4n) is 1.63. The van der Waals surface area contributed by atoms with E-state index in [2.05, 4.69) is 0 Å². The van der Waals surface area contributed by atoms with E-state index in [0.717, 1.165) is 0 Å². The summed E-state index contributed by atoms with van der Waals surface area (Å²) in [4.78, 5) is 10.5. The molecule has 0 fully saturated rings. The van der Waals surface area contributed by atoms with E-state index in [9.17, 15) is 9.18 Å². The van der Waals surface area contributed by atoms with Crippen LogP contribution in [-0.4, -0.2) is 18.2 Å². The molecular weight excluding hydrogens is 225 g/mol. The molecular formula is C12H16FNO3. The second-order valence-corrected chi connectivity index (χ2v) is 3.85. The van der Waals surface area contributed by atoms with E-state index in [1.54, 1.807) is 19.1 Å². The molecule has 1 aromatic carbocycles. The van der Waals surface area contributed by atoms with Crippen LogP contribution in [0.25, 0.3) is 0 Å². The van der Waals surface area contributed by atoms with Crippen molar-refractivity contribution in [1.29, 1.82) is 0 Å². The van der Waals surface area contributed by atoms with Crippen LogP contribution in [-0.2, 0) is 4.79 Å². The minimum atomic E-state index is -0.951. The number of benzene rings is 1. The Balaban J connectivity index is 3.01. The molecule has 3 N–H and O–H groups in total. The Hall–Kier alpha value is -1.62. The first-order chi connectivity index (χ1) is 7.97. The Kier molecular flexibility index (Phi) is 4.45. The van der Waals surface area contributed by atoms with E-state index in [-0.39, 0.29) is 18.4 Å². The van der Waals surface area contributed by atoms with Crippen LogP contribution in [0.2, 0.25) is 0 Å². The van der Waals surface area contributed by atoms with E-state index >= 15 is 0 Å². The fourth-order valence-corrected chi connectivity index (χ4v) is 1.63. The number of hydrogen-bond donors (Lipinski definition) is 2. The number of halogens is 1. The van der Waals surface area contributed by atoms with Gasteiger partial charge in [0.15, 0.2) is 0 Å². The SMILES string of the molecule is COc1ccc(C)c(F)c1C(N)CCC(=O)O. The number of aryl methyl sites for hydroxylation is 1. The molecule has 0 spiro atoms. The molecule has 94 valence electrons. The van der Waals surface area contributed by atoms with Crippen molar-refractivity contribution in [1.82, 2.24) is 0 Å². The summed E-state index contributed by atoms with van der Waals surface area (Å²) in [5.74, 6) is -1.03. The van der Waals surface area contributed by atoms with Gasteiger partial charge in [0.05, 0.1) is 7.11 Å². The smallest absolute Gasteiger partial charge is 0.303 e. The quantitative estimate of drug-likeness (QED) is 0.827. The molecule has 1 rings (SSSR count). The number of rotatable bonds is 5. The molecule has 0 amide bonds. The molecule has 0 radical (unpaired) electrons. The molecule has 0 saturated carbocycles. The van der Waals surface area contributed by atoms with Gasteiger partial charge in [-0.25, -0.2) is 4.39 Å². The van der Waals surface area contributed by atoms with Crippen molar-refractivity contribution in [3.8, 4) is 5.75 Å². The topological polar surface area (TPSA) is 72.5 Å². The van der Waals surface area contributed by atoms with Gasteiger partial charge in [0.2, 0.25) is 0 Å². The lowest BCUT2D eigenvalue weighted by Gasteiger charge is -2.17. The predicted octanol–water partition coefficient (Wildman–Crippen LogP) is 2.01. The van der Waals surface area contributed by atoms with Crippen LogP contribution in [0, 0.1) is 12.7 Å². The average molecular weight is 241 g/mol. The summed E-state index contributed by atoms with van der Waals surface area (Å²) in [7, 11) is 1.43. The third kappa shape index (κ3) is 3.17. The minimum Gasteiger partial charge on any atom is -0.496 e. The van der Waals surface area contributed by atoms with Crippen LogP contribution >= 0.6 is 0 Å². The van der Waals surface area contributed by atoms with Gasteiger partial charge in [-0.2, -0.15) is 0 Å². The van der Waals surface area contributed by atoms with Crippen LogP contribution in [0.1, 0.15) is 30.0 Å². The number of aliphatic carboxylic acids is 1. The van der Waals surface area contributed by atoms with Gasteiger partial charge in [-0.15, -0.1) is 0 Å². The monoisotopic (exact) mass is 241 g/mol. The van der Waals surface area contributed by atoms with Crippen LogP contribution in [0.15, 0.2) is 12.1 Å². The van der Waals surface area contributed by atoms with Gasteiger partial charge in [0.1, 0.15) is 11.6 Å². The van der Waals surface area contributed by atoms with Gasteiger partial charge >= 0.3 is 5.97 Å². The Labute approximate surface area is 99.2 Å². The van der Waals surface area contributed by atoms with Crippen molar-refractivity contribution in [3.05, 3.63) is 29.1 Å². The van der Waals surface area contributed by atoms with Crippen molar-refractivity contribution in [2.75, 3.05) is 7.11 Å². The van der Waals surface area contributed by atoms with Crippen molar-refractivity contribution in [2.45, 2.75) is 25.8 Å². The second-order valence-electron chi connectivity index (χ2n) is 3.85. The Morgan fingerprint density at radius 1 is 1.59 bits per heavy atom. The second kappa shape index (κ2) is 5.63. The first-order valence-corrected chi connectivity index (χ1v) is 5.27. The van der Waals surface area contributed by atoms with Gasteiger partial charge < -0.3 is 15.6 Å².